The quantitative estimate of drug-likeness (QED) is 0.724. The Morgan fingerprint density at radius 2 is 2.00 bits per heavy atom. The maximum Gasteiger partial charge on any atom is 0.168 e. The molecule has 0 aliphatic heterocycles. The molecule has 0 aliphatic rings. The van der Waals surface area contributed by atoms with Crippen LogP contribution in [0.15, 0.2) is 36.8 Å². The molecule has 0 spiro atoms. The van der Waals surface area contributed by atoms with Crippen LogP contribution in [0.5, 0.6) is 5.75 Å². The van der Waals surface area contributed by atoms with Crippen molar-refractivity contribution < 1.29 is 9.90 Å². The summed E-state index contributed by atoms with van der Waals surface area (Å²) in [6.07, 6.45) is 3.77. The predicted octanol–water partition coefficient (Wildman–Crippen LogP) is 1.39. The summed E-state index contributed by atoms with van der Waals surface area (Å²) in [5.74, 6) is 0.196. The first-order valence-corrected chi connectivity index (χ1v) is 4.08. The summed E-state index contributed by atoms with van der Waals surface area (Å²) in [6, 6.07) is 6.54. The third kappa shape index (κ3) is 1.37. The molecule has 0 fully saturated rings. The van der Waals surface area contributed by atoms with Gasteiger partial charge in [-0.3, -0.25) is 9.36 Å². The Hall–Kier alpha value is -2.10. The number of hydrogen-bond donors (Lipinski definition) is 1. The Morgan fingerprint density at radius 1 is 1.29 bits per heavy atom. The zero-order valence-corrected chi connectivity index (χ0v) is 7.29. The first-order chi connectivity index (χ1) is 6.81. The van der Waals surface area contributed by atoms with Crippen LogP contribution in [0.1, 0.15) is 10.5 Å². The lowest BCUT2D eigenvalue weighted by Crippen LogP contribution is -1.96. The van der Waals surface area contributed by atoms with E-state index in [1.807, 2.05) is 0 Å². The van der Waals surface area contributed by atoms with E-state index in [0.717, 1.165) is 12.0 Å². The second-order valence-electron chi connectivity index (χ2n) is 2.82. The highest BCUT2D eigenvalue weighted by Crippen LogP contribution is 2.14. The molecule has 1 aromatic carbocycles. The third-order valence-corrected chi connectivity index (χ3v) is 1.92. The molecule has 0 saturated heterocycles. The zero-order chi connectivity index (χ0) is 9.97. The van der Waals surface area contributed by atoms with Gasteiger partial charge in [-0.15, -0.1) is 0 Å². The normalized spacial score (nSPS) is 10.0. The lowest BCUT2D eigenvalue weighted by atomic mass is 10.3. The van der Waals surface area contributed by atoms with Gasteiger partial charge in [-0.2, -0.15) is 0 Å². The monoisotopic (exact) mass is 188 g/mol. The number of aromatic nitrogens is 2. The molecule has 0 amide bonds. The minimum Gasteiger partial charge on any atom is -0.508 e. The minimum atomic E-state index is 0.196. The summed E-state index contributed by atoms with van der Waals surface area (Å²) in [7, 11) is 0. The van der Waals surface area contributed by atoms with Crippen LogP contribution >= 0.6 is 0 Å². The van der Waals surface area contributed by atoms with E-state index in [0.29, 0.717) is 5.69 Å². The molecule has 0 radical (unpaired) electrons. The lowest BCUT2D eigenvalue weighted by molar-refractivity contribution is 0.111. The van der Waals surface area contributed by atoms with E-state index in [9.17, 15) is 4.79 Å². The molecule has 4 heteroatoms. The van der Waals surface area contributed by atoms with Gasteiger partial charge in [0.15, 0.2) is 6.29 Å². The first kappa shape index (κ1) is 8.50. The number of carbonyl (C=O) groups is 1. The number of rotatable bonds is 2. The molecule has 1 N–H and O–H groups in total. The fourth-order valence-electron chi connectivity index (χ4n) is 1.22. The van der Waals surface area contributed by atoms with Crippen LogP contribution in [-0.4, -0.2) is 20.9 Å². The zero-order valence-electron chi connectivity index (χ0n) is 7.29. The van der Waals surface area contributed by atoms with E-state index in [1.54, 1.807) is 35.2 Å². The molecule has 1 heterocycles. The van der Waals surface area contributed by atoms with Crippen molar-refractivity contribution >= 4 is 6.29 Å². The van der Waals surface area contributed by atoms with Crippen molar-refractivity contribution in [2.24, 2.45) is 0 Å². The van der Waals surface area contributed by atoms with Gasteiger partial charge in [0, 0.05) is 5.69 Å². The molecule has 0 bridgehead atoms. The van der Waals surface area contributed by atoms with Crippen LogP contribution in [0.4, 0.5) is 0 Å². The predicted molar refractivity (Wildman–Crippen MR) is 50.6 cm³/mol. The van der Waals surface area contributed by atoms with Gasteiger partial charge < -0.3 is 5.11 Å². The van der Waals surface area contributed by atoms with Gasteiger partial charge in [0.05, 0.1) is 12.5 Å². The highest BCUT2D eigenvalue weighted by molar-refractivity contribution is 5.73. The molecule has 14 heavy (non-hydrogen) atoms. The Kier molecular flexibility index (Phi) is 2.02. The fourth-order valence-corrected chi connectivity index (χ4v) is 1.22. The van der Waals surface area contributed by atoms with Crippen LogP contribution in [0.2, 0.25) is 0 Å². The van der Waals surface area contributed by atoms with Crippen molar-refractivity contribution in [2.45, 2.75) is 0 Å². The maximum atomic E-state index is 10.6. The van der Waals surface area contributed by atoms with Gasteiger partial charge in [-0.1, -0.05) is 0 Å². The molecule has 0 unspecified atom stereocenters. The summed E-state index contributed by atoms with van der Waals surface area (Å²) < 4.78 is 1.65. The Labute approximate surface area is 80.4 Å². The average molecular weight is 188 g/mol. The number of aromatic hydroxyl groups is 1. The third-order valence-electron chi connectivity index (χ3n) is 1.92. The number of hydrogen-bond acceptors (Lipinski definition) is 3. The Morgan fingerprint density at radius 3 is 2.64 bits per heavy atom. The molecule has 2 aromatic rings. The van der Waals surface area contributed by atoms with Crippen LogP contribution < -0.4 is 0 Å². The van der Waals surface area contributed by atoms with Crippen LogP contribution in [0, 0.1) is 0 Å². The second-order valence-corrected chi connectivity index (χ2v) is 2.82. The lowest BCUT2D eigenvalue weighted by Gasteiger charge is -2.03. The standard InChI is InChI=1S/C10H8N2O2/c13-6-9-5-11-7-12(9)8-1-3-10(14)4-2-8/h1-7,14H. The molecule has 1 aromatic heterocycles. The molecule has 4 nitrogen and oxygen atoms in total. The van der Waals surface area contributed by atoms with Crippen LogP contribution in [0.25, 0.3) is 5.69 Å². The Bertz CT molecular complexity index is 445. The minimum absolute atomic E-state index is 0.196. The van der Waals surface area contributed by atoms with Crippen molar-refractivity contribution in [1.82, 2.24) is 9.55 Å². The summed E-state index contributed by atoms with van der Waals surface area (Å²) >= 11 is 0. The van der Waals surface area contributed by atoms with E-state index in [4.69, 9.17) is 5.11 Å². The molecule has 0 saturated carbocycles. The number of nitrogens with zero attached hydrogens (tertiary/aromatic N) is 2. The summed E-state index contributed by atoms with van der Waals surface area (Å²) in [5.41, 5.74) is 1.28. The molecule has 70 valence electrons. The molecular weight excluding hydrogens is 180 g/mol. The van der Waals surface area contributed by atoms with Gasteiger partial charge in [-0.25, -0.2) is 4.98 Å². The van der Waals surface area contributed by atoms with Crippen molar-refractivity contribution in [3.05, 3.63) is 42.5 Å². The first-order valence-electron chi connectivity index (χ1n) is 4.08. The van der Waals surface area contributed by atoms with E-state index >= 15 is 0 Å². The van der Waals surface area contributed by atoms with E-state index in [2.05, 4.69) is 4.98 Å². The van der Waals surface area contributed by atoms with Crippen molar-refractivity contribution in [3.63, 3.8) is 0 Å². The highest BCUT2D eigenvalue weighted by Gasteiger charge is 2.02. The van der Waals surface area contributed by atoms with Crippen LogP contribution in [0.3, 0.4) is 0 Å². The SMILES string of the molecule is O=Cc1cncn1-c1ccc(O)cc1. The Balaban J connectivity index is 2.49. The smallest absolute Gasteiger partial charge is 0.168 e. The number of phenols is 1. The van der Waals surface area contributed by atoms with Crippen molar-refractivity contribution in [1.29, 1.82) is 0 Å². The van der Waals surface area contributed by atoms with Gasteiger partial charge in [0.2, 0.25) is 0 Å². The summed E-state index contributed by atoms with van der Waals surface area (Å²) in [4.78, 5) is 14.5. The van der Waals surface area contributed by atoms with Crippen LogP contribution in [-0.2, 0) is 0 Å². The van der Waals surface area contributed by atoms with Gasteiger partial charge in [0.1, 0.15) is 11.4 Å². The summed E-state index contributed by atoms with van der Waals surface area (Å²) in [5, 5.41) is 9.09. The number of carbonyl (C=O) groups excluding carboxylic acids is 1. The topological polar surface area (TPSA) is 55.1 Å². The van der Waals surface area contributed by atoms with Gasteiger partial charge in [-0.05, 0) is 24.3 Å². The number of benzene rings is 1. The maximum absolute atomic E-state index is 10.6. The molecular formula is C10H8N2O2. The van der Waals surface area contributed by atoms with E-state index in [-0.39, 0.29) is 5.75 Å². The summed E-state index contributed by atoms with van der Waals surface area (Å²) in [6.45, 7) is 0. The van der Waals surface area contributed by atoms with Gasteiger partial charge in [0.25, 0.3) is 0 Å². The van der Waals surface area contributed by atoms with Crippen molar-refractivity contribution in [2.75, 3.05) is 0 Å². The largest absolute Gasteiger partial charge is 0.508 e. The van der Waals surface area contributed by atoms with Crippen molar-refractivity contribution in [3.8, 4) is 11.4 Å². The number of aldehydes is 1. The van der Waals surface area contributed by atoms with Gasteiger partial charge >= 0.3 is 0 Å². The number of imidazole rings is 1. The average Bonchev–Trinajstić information content (AvgIpc) is 2.67. The fraction of sp³-hybridized carbons (Fsp3) is 0. The molecule has 0 aliphatic carbocycles. The second kappa shape index (κ2) is 3.33. The molecule has 2 rings (SSSR count). The molecule has 0 atom stereocenters. The highest BCUT2D eigenvalue weighted by atomic mass is 16.3. The number of phenolic OH excluding ortho intramolecular Hbond substituents is 1. The van der Waals surface area contributed by atoms with E-state index in [1.165, 1.54) is 6.20 Å². The van der Waals surface area contributed by atoms with E-state index < -0.39 is 0 Å².